The van der Waals surface area contributed by atoms with Gasteiger partial charge in [0.1, 0.15) is 18.5 Å². The van der Waals surface area contributed by atoms with Crippen LogP contribution in [0.25, 0.3) is 0 Å². The van der Waals surface area contributed by atoms with E-state index in [1.807, 2.05) is 19.1 Å². The lowest BCUT2D eigenvalue weighted by atomic mass is 9.82. The fraction of sp³-hybridized carbons (Fsp3) is 0.304. The lowest BCUT2D eigenvalue weighted by Gasteiger charge is -2.32. The van der Waals surface area contributed by atoms with Crippen molar-refractivity contribution in [2.24, 2.45) is 5.41 Å². The molecule has 2 rings (SSSR count). The summed E-state index contributed by atoms with van der Waals surface area (Å²) in [6.45, 7) is 5.52. The zero-order valence-corrected chi connectivity index (χ0v) is 17.8. The highest BCUT2D eigenvalue weighted by atomic mass is 16.6. The van der Waals surface area contributed by atoms with Crippen LogP contribution in [0.4, 0.5) is 10.5 Å². The van der Waals surface area contributed by atoms with E-state index in [2.05, 4.69) is 5.32 Å². The Labute approximate surface area is 181 Å². The number of ether oxygens (including phenoxy) is 2. The maximum absolute atomic E-state index is 12.6. The molecule has 0 aliphatic heterocycles. The Hall–Kier alpha value is -3.36. The van der Waals surface area contributed by atoms with Gasteiger partial charge < -0.3 is 14.6 Å². The number of hydroxylamine groups is 1. The second-order valence-electron chi connectivity index (χ2n) is 7.55. The second-order valence-corrected chi connectivity index (χ2v) is 7.55. The molecule has 0 radical (unpaired) electrons. The van der Waals surface area contributed by atoms with Crippen LogP contribution in [0.15, 0.2) is 60.7 Å². The van der Waals surface area contributed by atoms with Gasteiger partial charge in [-0.05, 0) is 36.8 Å². The van der Waals surface area contributed by atoms with Crippen LogP contribution in [0.1, 0.15) is 31.1 Å². The minimum absolute atomic E-state index is 0.128. The third-order valence-corrected chi connectivity index (χ3v) is 4.49. The van der Waals surface area contributed by atoms with Crippen molar-refractivity contribution >= 4 is 17.7 Å². The normalized spacial score (nSPS) is 12.3. The molecular formula is C23H28N2O6. The standard InChI is InChI=1S/C23H28N2O6/c1-16-7-9-18(10-8-16)24-22(28)31-21(23(2,3)12-11-20(27)25-29)17-5-4-6-19(15-17)30-14-13-26/h4-12,15,21,26,29H,13-14H2,1-3H3,(H,24,28)(H,25,27)/b12-11+/t21-/m1/s1. The molecule has 0 aliphatic rings. The van der Waals surface area contributed by atoms with Gasteiger partial charge in [0.05, 0.1) is 6.61 Å². The highest BCUT2D eigenvalue weighted by Crippen LogP contribution is 2.39. The Balaban J connectivity index is 2.30. The van der Waals surface area contributed by atoms with Gasteiger partial charge in [-0.3, -0.25) is 15.3 Å². The Kier molecular flexibility index (Phi) is 8.60. The molecule has 4 N–H and O–H groups in total. The van der Waals surface area contributed by atoms with Crippen molar-refractivity contribution in [3.63, 3.8) is 0 Å². The molecule has 2 aromatic rings. The number of aryl methyl sites for hydroxylation is 1. The van der Waals surface area contributed by atoms with Gasteiger partial charge in [0.15, 0.2) is 0 Å². The van der Waals surface area contributed by atoms with Crippen molar-refractivity contribution in [1.29, 1.82) is 0 Å². The van der Waals surface area contributed by atoms with E-state index in [1.54, 1.807) is 56.3 Å². The first kappa shape index (κ1) is 23.9. The lowest BCUT2D eigenvalue weighted by molar-refractivity contribution is -0.124. The summed E-state index contributed by atoms with van der Waals surface area (Å²) in [5.41, 5.74) is 2.99. The number of anilines is 1. The number of hydrogen-bond acceptors (Lipinski definition) is 6. The van der Waals surface area contributed by atoms with Crippen LogP contribution in [0.2, 0.25) is 0 Å². The minimum Gasteiger partial charge on any atom is -0.491 e. The summed E-state index contributed by atoms with van der Waals surface area (Å²) in [6.07, 6.45) is 1.26. The molecule has 0 saturated carbocycles. The lowest BCUT2D eigenvalue weighted by Crippen LogP contribution is -2.28. The third kappa shape index (κ3) is 7.44. The number of aliphatic hydroxyl groups excluding tert-OH is 1. The molecule has 1 atom stereocenters. The summed E-state index contributed by atoms with van der Waals surface area (Å²) in [6, 6.07) is 14.2. The molecule has 8 nitrogen and oxygen atoms in total. The van der Waals surface area contributed by atoms with E-state index in [0.29, 0.717) is 17.0 Å². The zero-order valence-electron chi connectivity index (χ0n) is 17.8. The van der Waals surface area contributed by atoms with Crippen molar-refractivity contribution in [1.82, 2.24) is 5.48 Å². The number of benzene rings is 2. The average Bonchev–Trinajstić information content (AvgIpc) is 2.76. The monoisotopic (exact) mass is 428 g/mol. The summed E-state index contributed by atoms with van der Waals surface area (Å²) in [7, 11) is 0. The summed E-state index contributed by atoms with van der Waals surface area (Å²) >= 11 is 0. The number of aliphatic hydroxyl groups is 1. The molecule has 166 valence electrons. The predicted octanol–water partition coefficient (Wildman–Crippen LogP) is 3.74. The van der Waals surface area contributed by atoms with Crippen molar-refractivity contribution < 1.29 is 29.4 Å². The van der Waals surface area contributed by atoms with E-state index >= 15 is 0 Å². The van der Waals surface area contributed by atoms with Crippen molar-refractivity contribution in [2.45, 2.75) is 26.9 Å². The van der Waals surface area contributed by atoms with Crippen LogP contribution in [-0.4, -0.2) is 35.5 Å². The fourth-order valence-electron chi connectivity index (χ4n) is 2.89. The van der Waals surface area contributed by atoms with E-state index in [-0.39, 0.29) is 13.2 Å². The van der Waals surface area contributed by atoms with Gasteiger partial charge in [-0.15, -0.1) is 0 Å². The molecule has 2 aromatic carbocycles. The Morgan fingerprint density at radius 1 is 1.16 bits per heavy atom. The second kappa shape index (κ2) is 11.1. The molecule has 0 fully saturated rings. The maximum atomic E-state index is 12.6. The minimum atomic E-state index is -0.827. The fourth-order valence-corrected chi connectivity index (χ4v) is 2.89. The van der Waals surface area contributed by atoms with E-state index < -0.39 is 23.5 Å². The molecule has 0 aromatic heterocycles. The van der Waals surface area contributed by atoms with Crippen molar-refractivity contribution in [2.75, 3.05) is 18.5 Å². The van der Waals surface area contributed by atoms with Gasteiger partial charge in [0, 0.05) is 17.2 Å². The Morgan fingerprint density at radius 2 is 1.87 bits per heavy atom. The molecular weight excluding hydrogens is 400 g/mol. The molecule has 0 unspecified atom stereocenters. The SMILES string of the molecule is Cc1ccc(NC(=O)O[C@H](c2cccc(OCCO)c2)C(C)(C)/C=C/C(=O)NO)cc1. The third-order valence-electron chi connectivity index (χ3n) is 4.49. The van der Waals surface area contributed by atoms with Crippen LogP contribution in [0, 0.1) is 12.3 Å². The maximum Gasteiger partial charge on any atom is 0.412 e. The van der Waals surface area contributed by atoms with Crippen LogP contribution >= 0.6 is 0 Å². The first-order valence-corrected chi connectivity index (χ1v) is 9.76. The number of carbonyl (C=O) groups excluding carboxylic acids is 2. The van der Waals surface area contributed by atoms with E-state index in [4.69, 9.17) is 19.8 Å². The number of rotatable bonds is 9. The van der Waals surface area contributed by atoms with Gasteiger partial charge in [-0.25, -0.2) is 10.3 Å². The van der Waals surface area contributed by atoms with Crippen LogP contribution in [0.3, 0.4) is 0 Å². The van der Waals surface area contributed by atoms with Gasteiger partial charge in [0.2, 0.25) is 0 Å². The van der Waals surface area contributed by atoms with Crippen LogP contribution in [-0.2, 0) is 9.53 Å². The summed E-state index contributed by atoms with van der Waals surface area (Å²) in [5, 5.41) is 20.4. The Morgan fingerprint density at radius 3 is 2.52 bits per heavy atom. The molecule has 2 amide bonds. The zero-order chi connectivity index (χ0) is 22.9. The Bertz CT molecular complexity index is 909. The van der Waals surface area contributed by atoms with E-state index in [1.165, 1.54) is 11.6 Å². The number of hydrogen-bond donors (Lipinski definition) is 4. The molecule has 0 saturated heterocycles. The average molecular weight is 428 g/mol. The highest BCUT2D eigenvalue weighted by Gasteiger charge is 2.33. The number of amides is 2. The number of nitrogens with one attached hydrogen (secondary N) is 2. The van der Waals surface area contributed by atoms with Gasteiger partial charge in [0.25, 0.3) is 5.91 Å². The summed E-state index contributed by atoms with van der Waals surface area (Å²) in [5.74, 6) is -0.192. The number of carbonyl (C=O) groups is 2. The highest BCUT2D eigenvalue weighted by molar-refractivity contribution is 5.86. The first-order valence-electron chi connectivity index (χ1n) is 9.76. The molecule has 31 heavy (non-hydrogen) atoms. The molecule has 8 heteroatoms. The smallest absolute Gasteiger partial charge is 0.412 e. The molecule has 0 aliphatic carbocycles. The predicted molar refractivity (Wildman–Crippen MR) is 116 cm³/mol. The van der Waals surface area contributed by atoms with Gasteiger partial charge in [-0.1, -0.05) is 49.8 Å². The molecule has 0 bridgehead atoms. The van der Waals surface area contributed by atoms with Gasteiger partial charge in [-0.2, -0.15) is 0 Å². The summed E-state index contributed by atoms with van der Waals surface area (Å²) < 4.78 is 11.2. The van der Waals surface area contributed by atoms with Crippen molar-refractivity contribution in [3.05, 3.63) is 71.8 Å². The van der Waals surface area contributed by atoms with Gasteiger partial charge >= 0.3 is 6.09 Å². The van der Waals surface area contributed by atoms with Crippen molar-refractivity contribution in [3.8, 4) is 5.75 Å². The molecule has 0 heterocycles. The first-order chi connectivity index (χ1) is 14.7. The topological polar surface area (TPSA) is 117 Å². The largest absolute Gasteiger partial charge is 0.491 e. The van der Waals surface area contributed by atoms with Crippen LogP contribution in [0.5, 0.6) is 5.75 Å². The summed E-state index contributed by atoms with van der Waals surface area (Å²) in [4.78, 5) is 24.1. The van der Waals surface area contributed by atoms with E-state index in [0.717, 1.165) is 5.56 Å². The van der Waals surface area contributed by atoms with E-state index in [9.17, 15) is 9.59 Å². The van der Waals surface area contributed by atoms with Crippen LogP contribution < -0.4 is 15.5 Å². The quantitative estimate of drug-likeness (QED) is 0.275. The molecule has 0 spiro atoms.